The highest BCUT2D eigenvalue weighted by molar-refractivity contribution is 6.17. The van der Waals surface area contributed by atoms with E-state index < -0.39 is 23.6 Å². The van der Waals surface area contributed by atoms with Crippen LogP contribution in [0.15, 0.2) is 47.5 Å². The number of amidine groups is 1. The summed E-state index contributed by atoms with van der Waals surface area (Å²) in [7, 11) is 3.12. The summed E-state index contributed by atoms with van der Waals surface area (Å²) in [6, 6.07) is 13.7. The molecule has 224 valence electrons. The zero-order valence-electron chi connectivity index (χ0n) is 25.9. The normalized spacial score (nSPS) is 16.3. The van der Waals surface area contributed by atoms with Crippen molar-refractivity contribution in [1.82, 2.24) is 4.90 Å². The van der Waals surface area contributed by atoms with Crippen LogP contribution in [0.3, 0.4) is 0 Å². The number of ether oxygens (including phenoxy) is 4. The topological polar surface area (TPSA) is 86.7 Å². The summed E-state index contributed by atoms with van der Waals surface area (Å²) in [5.41, 5.74) is 2.78. The molecular formula is C33H46N2O6. The Labute approximate surface area is 245 Å². The number of hydrogen-bond donors (Lipinski definition) is 0. The SMILES string of the molecule is CCCCCC(C)N(Cc1ccc(CC(C)C)cc1)C(=Nc1ccc(OC)cc1OC)C1C(=O)OC(C)(C)OC1=O. The highest BCUT2D eigenvalue weighted by Gasteiger charge is 2.48. The zero-order valence-corrected chi connectivity index (χ0v) is 25.9. The number of aliphatic imine (C=N–C) groups is 1. The number of esters is 2. The number of carbonyl (C=O) groups excluding carboxylic acids is 2. The van der Waals surface area contributed by atoms with E-state index in [4.69, 9.17) is 23.9 Å². The van der Waals surface area contributed by atoms with E-state index >= 15 is 0 Å². The van der Waals surface area contributed by atoms with E-state index in [0.717, 1.165) is 37.7 Å². The van der Waals surface area contributed by atoms with Crippen LogP contribution in [0.4, 0.5) is 5.69 Å². The minimum Gasteiger partial charge on any atom is -0.497 e. The number of hydrogen-bond acceptors (Lipinski definition) is 7. The molecule has 8 heteroatoms. The van der Waals surface area contributed by atoms with Crippen LogP contribution >= 0.6 is 0 Å². The Morgan fingerprint density at radius 3 is 2.15 bits per heavy atom. The second-order valence-corrected chi connectivity index (χ2v) is 11.6. The third-order valence-electron chi connectivity index (χ3n) is 7.12. The molecule has 0 aliphatic carbocycles. The summed E-state index contributed by atoms with van der Waals surface area (Å²) in [4.78, 5) is 33.8. The largest absolute Gasteiger partial charge is 0.497 e. The smallest absolute Gasteiger partial charge is 0.331 e. The molecule has 3 rings (SSSR count). The minimum atomic E-state index is -1.35. The van der Waals surface area contributed by atoms with Crippen LogP contribution in [-0.4, -0.2) is 48.7 Å². The second kappa shape index (κ2) is 14.4. The third-order valence-corrected chi connectivity index (χ3v) is 7.12. The maximum Gasteiger partial charge on any atom is 0.331 e. The van der Waals surface area contributed by atoms with Crippen molar-refractivity contribution in [3.05, 3.63) is 53.6 Å². The lowest BCUT2D eigenvalue weighted by Crippen LogP contribution is -2.54. The molecular weight excluding hydrogens is 520 g/mol. The Morgan fingerprint density at radius 2 is 1.59 bits per heavy atom. The number of rotatable bonds is 13. The number of benzene rings is 2. The molecule has 1 aliphatic rings. The van der Waals surface area contributed by atoms with E-state index in [-0.39, 0.29) is 11.9 Å². The summed E-state index contributed by atoms with van der Waals surface area (Å²) in [5, 5.41) is 0. The molecule has 0 aromatic heterocycles. The van der Waals surface area contributed by atoms with Crippen LogP contribution in [0.25, 0.3) is 0 Å². The fourth-order valence-corrected chi connectivity index (χ4v) is 4.98. The standard InChI is InChI=1S/C33H46N2O6/c1-9-10-11-12-23(4)35(21-25-15-13-24(14-16-25)19-22(2)3)30(29-31(36)40-33(5,6)41-32(29)37)34-27-18-17-26(38-7)20-28(27)39-8/h13-18,20,22-23,29H,9-12,19,21H2,1-8H3. The van der Waals surface area contributed by atoms with Crippen LogP contribution in [0.5, 0.6) is 11.5 Å². The van der Waals surface area contributed by atoms with Gasteiger partial charge in [-0.25, -0.2) is 4.99 Å². The molecule has 0 spiro atoms. The van der Waals surface area contributed by atoms with Gasteiger partial charge in [0.1, 0.15) is 23.0 Å². The van der Waals surface area contributed by atoms with E-state index in [2.05, 4.69) is 52.0 Å². The minimum absolute atomic E-state index is 0.0320. The molecule has 8 nitrogen and oxygen atoms in total. The molecule has 0 radical (unpaired) electrons. The van der Waals surface area contributed by atoms with E-state index in [1.54, 1.807) is 46.3 Å². The predicted octanol–water partition coefficient (Wildman–Crippen LogP) is 6.86. The van der Waals surface area contributed by atoms with Crippen molar-refractivity contribution in [3.63, 3.8) is 0 Å². The highest BCUT2D eigenvalue weighted by Crippen LogP contribution is 2.35. The van der Waals surface area contributed by atoms with Crippen LogP contribution in [0.2, 0.25) is 0 Å². The van der Waals surface area contributed by atoms with Crippen LogP contribution in [-0.2, 0) is 32.0 Å². The van der Waals surface area contributed by atoms with E-state index in [0.29, 0.717) is 29.6 Å². The van der Waals surface area contributed by atoms with Gasteiger partial charge in [0.25, 0.3) is 5.79 Å². The van der Waals surface area contributed by atoms with Crippen LogP contribution < -0.4 is 9.47 Å². The van der Waals surface area contributed by atoms with Gasteiger partial charge in [-0.1, -0.05) is 64.3 Å². The Bertz CT molecular complexity index is 1180. The maximum atomic E-state index is 13.4. The number of cyclic esters (lactones) is 2. The van der Waals surface area contributed by atoms with Gasteiger partial charge in [0.15, 0.2) is 0 Å². The van der Waals surface area contributed by atoms with Crippen molar-refractivity contribution in [2.75, 3.05) is 14.2 Å². The third kappa shape index (κ3) is 8.72. The summed E-state index contributed by atoms with van der Waals surface area (Å²) in [5.74, 6) is -2.17. The van der Waals surface area contributed by atoms with Gasteiger partial charge < -0.3 is 23.8 Å². The van der Waals surface area contributed by atoms with Crippen molar-refractivity contribution >= 4 is 23.5 Å². The first-order valence-electron chi connectivity index (χ1n) is 14.6. The van der Waals surface area contributed by atoms with Crippen LogP contribution in [0.1, 0.15) is 78.4 Å². The molecule has 1 saturated heterocycles. The average Bonchev–Trinajstić information content (AvgIpc) is 2.91. The maximum absolute atomic E-state index is 13.4. The van der Waals surface area contributed by atoms with Gasteiger partial charge in [-0.15, -0.1) is 0 Å². The first kappa shape index (κ1) is 32.0. The number of unbranched alkanes of at least 4 members (excludes halogenated alkanes) is 2. The molecule has 1 aliphatic heterocycles. The monoisotopic (exact) mass is 566 g/mol. The molecule has 0 saturated carbocycles. The van der Waals surface area contributed by atoms with Crippen molar-refractivity contribution in [2.24, 2.45) is 16.8 Å². The van der Waals surface area contributed by atoms with Crippen molar-refractivity contribution in [2.45, 2.75) is 92.0 Å². The fraction of sp³-hybridized carbons (Fsp3) is 0.545. The first-order chi connectivity index (χ1) is 19.5. The summed E-state index contributed by atoms with van der Waals surface area (Å²) in [6.07, 6.45) is 5.04. The van der Waals surface area contributed by atoms with Gasteiger partial charge in [0.2, 0.25) is 5.92 Å². The number of methoxy groups -OCH3 is 2. The lowest BCUT2D eigenvalue weighted by Gasteiger charge is -2.38. The average molecular weight is 567 g/mol. The van der Waals surface area contributed by atoms with Gasteiger partial charge in [-0.3, -0.25) is 9.59 Å². The number of carbonyl (C=O) groups is 2. The Balaban J connectivity index is 2.14. The van der Waals surface area contributed by atoms with Gasteiger partial charge >= 0.3 is 11.9 Å². The summed E-state index contributed by atoms with van der Waals surface area (Å²) < 4.78 is 22.1. The van der Waals surface area contributed by atoms with Gasteiger partial charge in [0.05, 0.1) is 14.2 Å². The summed E-state index contributed by atoms with van der Waals surface area (Å²) >= 11 is 0. The van der Waals surface area contributed by atoms with Crippen molar-refractivity contribution in [3.8, 4) is 11.5 Å². The van der Waals surface area contributed by atoms with Gasteiger partial charge in [-0.2, -0.15) is 0 Å². The molecule has 1 fully saturated rings. The highest BCUT2D eigenvalue weighted by atomic mass is 16.7. The van der Waals surface area contributed by atoms with E-state index in [9.17, 15) is 9.59 Å². The molecule has 0 amide bonds. The Morgan fingerprint density at radius 1 is 0.951 bits per heavy atom. The quantitative estimate of drug-likeness (QED) is 0.0861. The first-order valence-corrected chi connectivity index (χ1v) is 14.6. The van der Waals surface area contributed by atoms with Gasteiger partial charge in [0, 0.05) is 32.5 Å². The Hall–Kier alpha value is -3.55. The van der Waals surface area contributed by atoms with Crippen LogP contribution in [0, 0.1) is 11.8 Å². The van der Waals surface area contributed by atoms with Crippen molar-refractivity contribution < 1.29 is 28.5 Å². The van der Waals surface area contributed by atoms with E-state index in [1.807, 2.05) is 4.90 Å². The van der Waals surface area contributed by atoms with Gasteiger partial charge in [-0.05, 0) is 48.9 Å². The molecule has 0 N–H and O–H groups in total. The molecule has 41 heavy (non-hydrogen) atoms. The second-order valence-electron chi connectivity index (χ2n) is 11.6. The number of nitrogens with zero attached hydrogens (tertiary/aromatic N) is 2. The van der Waals surface area contributed by atoms with E-state index in [1.165, 1.54) is 5.56 Å². The van der Waals surface area contributed by atoms with Crippen molar-refractivity contribution in [1.29, 1.82) is 0 Å². The predicted molar refractivity (Wildman–Crippen MR) is 161 cm³/mol. The lowest BCUT2D eigenvalue weighted by molar-refractivity contribution is -0.236. The molecule has 2 aromatic carbocycles. The Kier molecular flexibility index (Phi) is 11.2. The lowest BCUT2D eigenvalue weighted by atomic mass is 9.99. The molecule has 1 atom stereocenters. The molecule has 1 unspecified atom stereocenters. The summed E-state index contributed by atoms with van der Waals surface area (Å²) in [6.45, 7) is 12.2. The molecule has 2 aromatic rings. The fourth-order valence-electron chi connectivity index (χ4n) is 4.98. The molecule has 0 bridgehead atoms. The molecule has 1 heterocycles. The zero-order chi connectivity index (χ0) is 30.2.